The van der Waals surface area contributed by atoms with Gasteiger partial charge in [-0.2, -0.15) is 5.26 Å². The summed E-state index contributed by atoms with van der Waals surface area (Å²) in [5, 5.41) is 23.3. The van der Waals surface area contributed by atoms with Crippen molar-refractivity contribution >= 4 is 29.1 Å². The van der Waals surface area contributed by atoms with E-state index in [0.717, 1.165) is 0 Å². The Labute approximate surface area is 215 Å². The number of anilines is 3. The number of benzene rings is 3. The summed E-state index contributed by atoms with van der Waals surface area (Å²) in [6.45, 7) is 1.87. The number of aliphatic hydroxyl groups is 1. The third kappa shape index (κ3) is 8.13. The average molecular weight is 501 g/mol. The Kier molecular flexibility index (Phi) is 9.65. The second-order valence-corrected chi connectivity index (χ2v) is 8.08. The summed E-state index contributed by atoms with van der Waals surface area (Å²) in [7, 11) is 0. The molecular formula is C28H28N4O5. The van der Waals surface area contributed by atoms with Gasteiger partial charge in [0, 0.05) is 11.6 Å². The van der Waals surface area contributed by atoms with Gasteiger partial charge in [-0.25, -0.2) is 4.79 Å². The molecule has 0 radical (unpaired) electrons. The van der Waals surface area contributed by atoms with E-state index in [2.05, 4.69) is 10.6 Å². The molecule has 0 aliphatic carbocycles. The average Bonchev–Trinajstić information content (AvgIpc) is 2.91. The lowest BCUT2D eigenvalue weighted by molar-refractivity contribution is -0.111. The van der Waals surface area contributed by atoms with Gasteiger partial charge in [-0.1, -0.05) is 37.3 Å². The van der Waals surface area contributed by atoms with Crippen molar-refractivity contribution in [2.75, 3.05) is 29.6 Å². The van der Waals surface area contributed by atoms with Gasteiger partial charge < -0.3 is 25.6 Å². The molecule has 0 saturated heterocycles. The summed E-state index contributed by atoms with van der Waals surface area (Å²) in [4.78, 5) is 25.2. The lowest BCUT2D eigenvalue weighted by Crippen LogP contribution is -2.21. The van der Waals surface area contributed by atoms with Gasteiger partial charge in [0.05, 0.1) is 29.6 Å². The predicted octanol–water partition coefficient (Wildman–Crippen LogP) is 4.63. The number of para-hydroxylation sites is 2. The first-order valence-corrected chi connectivity index (χ1v) is 11.5. The van der Waals surface area contributed by atoms with Gasteiger partial charge in [-0.15, -0.1) is 0 Å². The van der Waals surface area contributed by atoms with Gasteiger partial charge in [-0.05, 0) is 60.2 Å². The van der Waals surface area contributed by atoms with Gasteiger partial charge >= 0.3 is 6.09 Å². The Hall–Kier alpha value is -4.81. The maximum Gasteiger partial charge on any atom is 0.412 e. The summed E-state index contributed by atoms with van der Waals surface area (Å²) < 4.78 is 11.2. The number of nitriles is 1. The number of nitrogens with one attached hydrogen (secondary N) is 2. The van der Waals surface area contributed by atoms with Gasteiger partial charge in [0.15, 0.2) is 0 Å². The minimum Gasteiger partial charge on any atom is -0.491 e. The van der Waals surface area contributed by atoms with Crippen LogP contribution < -0.4 is 21.1 Å². The third-order valence-corrected chi connectivity index (χ3v) is 5.31. The van der Waals surface area contributed by atoms with Crippen molar-refractivity contribution in [2.24, 2.45) is 5.92 Å². The van der Waals surface area contributed by atoms with Crippen molar-refractivity contribution in [3.05, 3.63) is 96.1 Å². The van der Waals surface area contributed by atoms with Crippen LogP contribution in [0.4, 0.5) is 21.9 Å². The van der Waals surface area contributed by atoms with Gasteiger partial charge in [-0.3, -0.25) is 10.1 Å². The van der Waals surface area contributed by atoms with E-state index >= 15 is 0 Å². The summed E-state index contributed by atoms with van der Waals surface area (Å²) in [6, 6.07) is 22.2. The van der Waals surface area contributed by atoms with Crippen LogP contribution >= 0.6 is 0 Å². The van der Waals surface area contributed by atoms with E-state index in [0.29, 0.717) is 33.9 Å². The van der Waals surface area contributed by atoms with Crippen LogP contribution in [-0.4, -0.2) is 30.3 Å². The Morgan fingerprint density at radius 3 is 2.41 bits per heavy atom. The number of carbonyl (C=O) groups excluding carboxylic acids is 2. The fourth-order valence-electron chi connectivity index (χ4n) is 3.41. The molecule has 3 rings (SSSR count). The number of rotatable bonds is 10. The smallest absolute Gasteiger partial charge is 0.412 e. The summed E-state index contributed by atoms with van der Waals surface area (Å²) in [5.74, 6) is -0.213. The number of carbonyl (C=O) groups is 2. The normalized spacial score (nSPS) is 12.2. The van der Waals surface area contributed by atoms with E-state index in [1.165, 1.54) is 6.08 Å². The molecule has 0 aliphatic heterocycles. The second kappa shape index (κ2) is 13.3. The molecule has 0 spiro atoms. The highest BCUT2D eigenvalue weighted by Gasteiger charge is 2.23. The fourth-order valence-corrected chi connectivity index (χ4v) is 3.41. The molecule has 9 nitrogen and oxygen atoms in total. The van der Waals surface area contributed by atoms with Crippen LogP contribution in [0.3, 0.4) is 0 Å². The minimum absolute atomic E-state index is 0.110. The van der Waals surface area contributed by atoms with Crippen molar-refractivity contribution in [3.8, 4) is 11.8 Å². The molecule has 0 aliphatic rings. The molecule has 2 amide bonds. The van der Waals surface area contributed by atoms with E-state index in [1.807, 2.05) is 13.0 Å². The monoisotopic (exact) mass is 500 g/mol. The zero-order chi connectivity index (χ0) is 26.6. The molecule has 0 fully saturated rings. The van der Waals surface area contributed by atoms with Crippen LogP contribution in [0.5, 0.6) is 5.75 Å². The Morgan fingerprint density at radius 1 is 1.05 bits per heavy atom. The molecule has 3 aromatic rings. The SMILES string of the molecule is C[C@@H](/C=C/C(=O)Nc1ccccc1N)[C@@H](OC(=O)Nc1ccc(C#N)cc1)c1ccc(OCCO)cc1. The Balaban J connectivity index is 1.75. The topological polar surface area (TPSA) is 147 Å². The predicted molar refractivity (Wildman–Crippen MR) is 141 cm³/mol. The van der Waals surface area contributed by atoms with Crippen molar-refractivity contribution < 1.29 is 24.2 Å². The summed E-state index contributed by atoms with van der Waals surface area (Å²) >= 11 is 0. The number of amides is 2. The van der Waals surface area contributed by atoms with Crippen LogP contribution in [0.2, 0.25) is 0 Å². The van der Waals surface area contributed by atoms with Crippen molar-refractivity contribution in [1.82, 2.24) is 0 Å². The number of nitrogens with zero attached hydrogens (tertiary/aromatic N) is 1. The van der Waals surface area contributed by atoms with E-state index in [1.54, 1.807) is 78.9 Å². The van der Waals surface area contributed by atoms with Gasteiger partial charge in [0.1, 0.15) is 18.5 Å². The number of ether oxygens (including phenoxy) is 2. The first kappa shape index (κ1) is 26.8. The van der Waals surface area contributed by atoms with E-state index in [4.69, 9.17) is 25.6 Å². The molecular weight excluding hydrogens is 472 g/mol. The van der Waals surface area contributed by atoms with E-state index < -0.39 is 18.1 Å². The third-order valence-electron chi connectivity index (χ3n) is 5.31. The number of nitrogen functional groups attached to an aromatic ring is 1. The molecule has 5 N–H and O–H groups in total. The van der Waals surface area contributed by atoms with Crippen molar-refractivity contribution in [1.29, 1.82) is 5.26 Å². The van der Waals surface area contributed by atoms with Crippen LogP contribution in [0, 0.1) is 17.2 Å². The quantitative estimate of drug-likeness (QED) is 0.234. The molecule has 2 atom stereocenters. The van der Waals surface area contributed by atoms with Crippen LogP contribution in [0.25, 0.3) is 0 Å². The Bertz CT molecular complexity index is 1270. The molecule has 9 heteroatoms. The van der Waals surface area contributed by atoms with Gasteiger partial charge in [0.2, 0.25) is 5.91 Å². The van der Waals surface area contributed by atoms with E-state index in [9.17, 15) is 9.59 Å². The molecule has 3 aromatic carbocycles. The number of hydrogen-bond donors (Lipinski definition) is 4. The van der Waals surface area contributed by atoms with Gasteiger partial charge in [0.25, 0.3) is 0 Å². The molecule has 0 saturated carbocycles. The highest BCUT2D eigenvalue weighted by atomic mass is 16.6. The van der Waals surface area contributed by atoms with Crippen LogP contribution in [0.15, 0.2) is 84.9 Å². The largest absolute Gasteiger partial charge is 0.491 e. The van der Waals surface area contributed by atoms with Crippen molar-refractivity contribution in [2.45, 2.75) is 13.0 Å². The van der Waals surface area contributed by atoms with E-state index in [-0.39, 0.29) is 19.1 Å². The maximum atomic E-state index is 12.7. The Morgan fingerprint density at radius 2 is 1.76 bits per heavy atom. The molecule has 0 bridgehead atoms. The molecule has 37 heavy (non-hydrogen) atoms. The minimum atomic E-state index is -0.740. The summed E-state index contributed by atoms with van der Waals surface area (Å²) in [5.41, 5.74) is 8.44. The first-order chi connectivity index (χ1) is 17.9. The zero-order valence-corrected chi connectivity index (χ0v) is 20.3. The molecule has 0 aromatic heterocycles. The highest BCUT2D eigenvalue weighted by Crippen LogP contribution is 2.29. The number of aliphatic hydroxyl groups excluding tert-OH is 1. The first-order valence-electron chi connectivity index (χ1n) is 11.5. The summed E-state index contributed by atoms with van der Waals surface area (Å²) in [6.07, 6.45) is 1.57. The lowest BCUT2D eigenvalue weighted by atomic mass is 9.96. The van der Waals surface area contributed by atoms with Crippen molar-refractivity contribution in [3.63, 3.8) is 0 Å². The number of nitrogens with two attached hydrogens (primary N) is 1. The molecule has 0 heterocycles. The highest BCUT2D eigenvalue weighted by molar-refractivity contribution is 6.01. The van der Waals surface area contributed by atoms with Crippen LogP contribution in [-0.2, 0) is 9.53 Å². The zero-order valence-electron chi connectivity index (χ0n) is 20.3. The lowest BCUT2D eigenvalue weighted by Gasteiger charge is -2.23. The molecule has 190 valence electrons. The number of hydrogen-bond acceptors (Lipinski definition) is 7. The molecule has 0 unspecified atom stereocenters. The standard InChI is InChI=1S/C28H28N4O5/c1-19(6-15-26(34)32-25-5-3-2-4-24(25)30)27(21-9-13-23(14-10-21)36-17-16-33)37-28(35)31-22-11-7-20(18-29)8-12-22/h2-15,19,27,33H,16-17,30H2,1H3,(H,31,35)(H,32,34)/b15-6+/t19-,27+/m0/s1. The van der Waals surface area contributed by atoms with Crippen LogP contribution in [0.1, 0.15) is 24.2 Å². The maximum absolute atomic E-state index is 12.7. The second-order valence-electron chi connectivity index (χ2n) is 8.08. The fraction of sp³-hybridized carbons (Fsp3) is 0.179.